The SMILES string of the molecule is C=C[C@@H]1C[C@@]1(NC(=O)C1C[C@@H](OCc2ccc3ccccc3c2)CN1C(=O)[C@@H](NC(=O)OC(C)(C)C)C(C)(C)C)C(=O)NS(=O)(=O)C1CC1. The van der Waals surface area contributed by atoms with E-state index in [1.165, 1.54) is 11.0 Å². The number of carbonyl (C=O) groups excluding carboxylic acids is 4. The van der Waals surface area contributed by atoms with Gasteiger partial charge >= 0.3 is 6.09 Å². The number of carbonyl (C=O) groups is 4. The monoisotopic (exact) mass is 696 g/mol. The minimum Gasteiger partial charge on any atom is -0.444 e. The molecule has 266 valence electrons. The molecule has 0 bridgehead atoms. The van der Waals surface area contributed by atoms with Crippen LogP contribution < -0.4 is 15.4 Å². The second-order valence-corrected chi connectivity index (χ2v) is 17.4. The molecular formula is C36H48N4O8S. The molecule has 2 aromatic carbocycles. The summed E-state index contributed by atoms with van der Waals surface area (Å²) in [6.07, 6.45) is 1.41. The highest BCUT2D eigenvalue weighted by Gasteiger charge is 2.62. The first-order chi connectivity index (χ1) is 22.8. The van der Waals surface area contributed by atoms with Crippen molar-refractivity contribution < 1.29 is 37.1 Å². The predicted octanol–water partition coefficient (Wildman–Crippen LogP) is 3.93. The molecule has 3 N–H and O–H groups in total. The topological polar surface area (TPSA) is 160 Å². The molecule has 49 heavy (non-hydrogen) atoms. The van der Waals surface area contributed by atoms with Gasteiger partial charge in [-0.05, 0) is 67.9 Å². The van der Waals surface area contributed by atoms with Gasteiger partial charge in [0.25, 0.3) is 5.91 Å². The van der Waals surface area contributed by atoms with E-state index in [4.69, 9.17) is 9.47 Å². The standard InChI is InChI=1S/C36H48N4O8S/c1-8-25-19-36(25,32(43)39-49(45,46)27-15-16-27)38-30(41)28-18-26(47-21-22-13-14-23-11-9-10-12-24(23)17-22)20-40(28)31(42)29(34(2,3)4)37-33(44)48-35(5,6)7/h8-14,17,25-29H,1,15-16,18-21H2,2-7H3,(H,37,44)(H,38,41)(H,39,43)/t25-,26-,28?,29-,36+/m1/s1. The second-order valence-electron chi connectivity index (χ2n) is 15.5. The lowest BCUT2D eigenvalue weighted by molar-refractivity contribution is -0.143. The maximum Gasteiger partial charge on any atom is 0.408 e. The first-order valence-electron chi connectivity index (χ1n) is 16.7. The Morgan fingerprint density at radius 1 is 1.04 bits per heavy atom. The molecule has 2 aromatic rings. The third-order valence-electron chi connectivity index (χ3n) is 9.17. The lowest BCUT2D eigenvalue weighted by Crippen LogP contribution is -2.60. The van der Waals surface area contributed by atoms with Crippen molar-refractivity contribution in [1.82, 2.24) is 20.3 Å². The van der Waals surface area contributed by atoms with Crippen molar-refractivity contribution in [3.05, 3.63) is 60.7 Å². The number of benzene rings is 2. The zero-order valence-electron chi connectivity index (χ0n) is 29.1. The number of fused-ring (bicyclic) bond motifs is 1. The fourth-order valence-electron chi connectivity index (χ4n) is 6.21. The fourth-order valence-corrected chi connectivity index (χ4v) is 7.58. The molecule has 2 saturated carbocycles. The average Bonchev–Trinajstić information content (AvgIpc) is 3.93. The molecule has 5 rings (SSSR count). The summed E-state index contributed by atoms with van der Waals surface area (Å²) in [5.74, 6) is -2.45. The molecule has 5 atom stereocenters. The van der Waals surface area contributed by atoms with Crippen LogP contribution in [0.4, 0.5) is 4.79 Å². The van der Waals surface area contributed by atoms with E-state index in [2.05, 4.69) is 21.9 Å². The molecule has 4 amide bonds. The summed E-state index contributed by atoms with van der Waals surface area (Å²) in [5.41, 5.74) is -2.18. The van der Waals surface area contributed by atoms with Crippen LogP contribution in [0.3, 0.4) is 0 Å². The van der Waals surface area contributed by atoms with Crippen LogP contribution in [-0.2, 0) is 40.5 Å². The molecule has 0 radical (unpaired) electrons. The minimum atomic E-state index is -3.87. The van der Waals surface area contributed by atoms with Crippen LogP contribution in [0.5, 0.6) is 0 Å². The quantitative estimate of drug-likeness (QED) is 0.298. The maximum absolute atomic E-state index is 14.3. The molecule has 1 aliphatic heterocycles. The Bertz CT molecular complexity index is 1740. The average molecular weight is 697 g/mol. The van der Waals surface area contributed by atoms with Gasteiger partial charge in [0.05, 0.1) is 18.0 Å². The molecular weight excluding hydrogens is 648 g/mol. The summed E-state index contributed by atoms with van der Waals surface area (Å²) < 4.78 is 39.1. The van der Waals surface area contributed by atoms with Crippen LogP contribution in [0.25, 0.3) is 10.8 Å². The van der Waals surface area contributed by atoms with Gasteiger partial charge < -0.3 is 25.0 Å². The van der Waals surface area contributed by atoms with E-state index < -0.39 is 79.7 Å². The molecule has 13 heteroatoms. The highest BCUT2D eigenvalue weighted by Crippen LogP contribution is 2.45. The molecule has 2 aliphatic carbocycles. The van der Waals surface area contributed by atoms with Crippen LogP contribution in [0.1, 0.15) is 72.8 Å². The van der Waals surface area contributed by atoms with Crippen molar-refractivity contribution in [3.63, 3.8) is 0 Å². The van der Waals surface area contributed by atoms with Crippen LogP contribution >= 0.6 is 0 Å². The van der Waals surface area contributed by atoms with E-state index in [9.17, 15) is 27.6 Å². The fraction of sp³-hybridized carbons (Fsp3) is 0.556. The number of nitrogens with one attached hydrogen (secondary N) is 3. The normalized spacial score (nSPS) is 24.5. The van der Waals surface area contributed by atoms with Gasteiger partial charge in [0, 0.05) is 18.9 Å². The van der Waals surface area contributed by atoms with Crippen LogP contribution in [0.15, 0.2) is 55.1 Å². The Morgan fingerprint density at radius 2 is 1.71 bits per heavy atom. The molecule has 3 fully saturated rings. The number of amides is 4. The van der Waals surface area contributed by atoms with Gasteiger partial charge in [-0.3, -0.25) is 19.1 Å². The summed E-state index contributed by atoms with van der Waals surface area (Å²) >= 11 is 0. The van der Waals surface area contributed by atoms with Gasteiger partial charge in [-0.25, -0.2) is 13.2 Å². The van der Waals surface area contributed by atoms with Crippen molar-refractivity contribution in [2.24, 2.45) is 11.3 Å². The van der Waals surface area contributed by atoms with E-state index in [0.717, 1.165) is 16.3 Å². The van der Waals surface area contributed by atoms with Crippen molar-refractivity contribution in [2.75, 3.05) is 6.54 Å². The second kappa shape index (κ2) is 13.4. The van der Waals surface area contributed by atoms with E-state index in [1.807, 2.05) is 42.5 Å². The number of ether oxygens (including phenoxy) is 2. The molecule has 12 nitrogen and oxygen atoms in total. The highest BCUT2D eigenvalue weighted by atomic mass is 32.2. The van der Waals surface area contributed by atoms with Gasteiger partial charge in [0.15, 0.2) is 0 Å². The van der Waals surface area contributed by atoms with Crippen LogP contribution in [0, 0.1) is 11.3 Å². The number of alkyl carbamates (subject to hydrolysis) is 1. The van der Waals surface area contributed by atoms with Crippen molar-refractivity contribution in [3.8, 4) is 0 Å². The highest BCUT2D eigenvalue weighted by molar-refractivity contribution is 7.91. The number of rotatable bonds is 11. The van der Waals surface area contributed by atoms with Crippen LogP contribution in [0.2, 0.25) is 0 Å². The zero-order valence-corrected chi connectivity index (χ0v) is 29.9. The number of nitrogens with zero attached hydrogens (tertiary/aromatic N) is 1. The largest absolute Gasteiger partial charge is 0.444 e. The van der Waals surface area contributed by atoms with Gasteiger partial charge in [-0.15, -0.1) is 6.58 Å². The molecule has 0 aromatic heterocycles. The Labute approximate surface area is 288 Å². The van der Waals surface area contributed by atoms with E-state index in [-0.39, 0.29) is 26.0 Å². The van der Waals surface area contributed by atoms with Gasteiger partial charge in [0.2, 0.25) is 21.8 Å². The lowest BCUT2D eigenvalue weighted by atomic mass is 9.85. The number of hydrogen-bond donors (Lipinski definition) is 3. The number of likely N-dealkylation sites (tertiary alicyclic amines) is 1. The summed E-state index contributed by atoms with van der Waals surface area (Å²) in [6, 6.07) is 11.8. The summed E-state index contributed by atoms with van der Waals surface area (Å²) in [6.45, 7) is 14.6. The van der Waals surface area contributed by atoms with E-state index in [0.29, 0.717) is 12.8 Å². The van der Waals surface area contributed by atoms with Gasteiger partial charge in [-0.2, -0.15) is 0 Å². The number of sulfonamides is 1. The van der Waals surface area contributed by atoms with Crippen LogP contribution in [-0.4, -0.2) is 78.3 Å². The molecule has 1 saturated heterocycles. The van der Waals surface area contributed by atoms with Crippen molar-refractivity contribution in [2.45, 2.75) is 108 Å². The van der Waals surface area contributed by atoms with Crippen molar-refractivity contribution in [1.29, 1.82) is 0 Å². The summed E-state index contributed by atoms with van der Waals surface area (Å²) in [7, 11) is -3.87. The first-order valence-corrected chi connectivity index (χ1v) is 18.3. The minimum absolute atomic E-state index is 0.0488. The van der Waals surface area contributed by atoms with E-state index in [1.54, 1.807) is 41.5 Å². The Hall–Kier alpha value is -3.97. The molecule has 1 unspecified atom stereocenters. The van der Waals surface area contributed by atoms with Gasteiger partial charge in [0.1, 0.15) is 23.2 Å². The predicted molar refractivity (Wildman–Crippen MR) is 185 cm³/mol. The Balaban J connectivity index is 1.38. The Kier molecular flexibility index (Phi) is 9.92. The Morgan fingerprint density at radius 3 is 2.31 bits per heavy atom. The first kappa shape index (κ1) is 36.3. The van der Waals surface area contributed by atoms with Gasteiger partial charge in [-0.1, -0.05) is 63.2 Å². The third kappa shape index (κ3) is 8.43. The molecule has 0 spiro atoms. The molecule has 3 aliphatic rings. The number of hydrogen-bond acceptors (Lipinski definition) is 8. The summed E-state index contributed by atoms with van der Waals surface area (Å²) in [5, 5.41) is 7.02. The maximum atomic E-state index is 14.3. The zero-order chi connectivity index (χ0) is 35.9. The third-order valence-corrected chi connectivity index (χ3v) is 11.0. The lowest BCUT2D eigenvalue weighted by Gasteiger charge is -2.36. The molecule has 1 heterocycles. The van der Waals surface area contributed by atoms with E-state index >= 15 is 0 Å². The van der Waals surface area contributed by atoms with Crippen molar-refractivity contribution >= 4 is 44.6 Å². The summed E-state index contributed by atoms with van der Waals surface area (Å²) in [4.78, 5) is 56.1. The smallest absolute Gasteiger partial charge is 0.408 e.